The highest BCUT2D eigenvalue weighted by Crippen LogP contribution is 2.25. The van der Waals surface area contributed by atoms with Crippen molar-refractivity contribution in [3.63, 3.8) is 0 Å². The van der Waals surface area contributed by atoms with Gasteiger partial charge in [-0.1, -0.05) is 55.1 Å². The molecule has 0 aromatic heterocycles. The predicted octanol–water partition coefficient (Wildman–Crippen LogP) is 6.13. The Hall–Kier alpha value is -2.48. The minimum absolute atomic E-state index is 0.255. The van der Waals surface area contributed by atoms with E-state index < -0.39 is 12.1 Å². The van der Waals surface area contributed by atoms with Crippen molar-refractivity contribution in [1.82, 2.24) is 4.90 Å². The van der Waals surface area contributed by atoms with Gasteiger partial charge in [0.15, 0.2) is 6.10 Å². The van der Waals surface area contributed by atoms with Gasteiger partial charge in [-0.05, 0) is 49.2 Å². The molecule has 0 bridgehead atoms. The summed E-state index contributed by atoms with van der Waals surface area (Å²) in [5, 5.41) is 12.9. The molecule has 2 N–H and O–H groups in total. The van der Waals surface area contributed by atoms with Crippen LogP contribution in [-0.4, -0.2) is 54.4 Å². The van der Waals surface area contributed by atoms with E-state index in [9.17, 15) is 14.7 Å². The third kappa shape index (κ3) is 9.41. The zero-order valence-electron chi connectivity index (χ0n) is 19.6. The van der Waals surface area contributed by atoms with Gasteiger partial charge in [0.25, 0.3) is 0 Å². The van der Waals surface area contributed by atoms with Gasteiger partial charge in [-0.15, -0.1) is 0 Å². The summed E-state index contributed by atoms with van der Waals surface area (Å²) >= 11 is 12.1. The van der Waals surface area contributed by atoms with Gasteiger partial charge in [0.05, 0.1) is 17.3 Å². The third-order valence-electron chi connectivity index (χ3n) is 5.11. The van der Waals surface area contributed by atoms with Crippen molar-refractivity contribution in [2.24, 2.45) is 0 Å². The number of aliphatic carboxylic acids is 1. The summed E-state index contributed by atoms with van der Waals surface area (Å²) in [4.78, 5) is 25.8. The minimum Gasteiger partial charge on any atom is -0.492 e. The van der Waals surface area contributed by atoms with Crippen LogP contribution < -0.4 is 10.1 Å². The molecule has 34 heavy (non-hydrogen) atoms. The Balaban J connectivity index is 1.92. The number of carbonyl (C=O) groups is 2. The van der Waals surface area contributed by atoms with Crippen LogP contribution in [0, 0.1) is 0 Å². The van der Waals surface area contributed by atoms with Crippen LogP contribution in [0.4, 0.5) is 10.5 Å². The summed E-state index contributed by atoms with van der Waals surface area (Å²) in [7, 11) is 0. The van der Waals surface area contributed by atoms with E-state index in [0.717, 1.165) is 24.8 Å². The Morgan fingerprint density at radius 3 is 2.41 bits per heavy atom. The standard InChI is InChI=1S/C25H32Cl2N2O5/c1-3-5-6-13-29(25(32)28-22-12-9-19(26)17-21(22)27)14-15-34-20-10-7-18(8-11-20)16-23(24(30)31)33-4-2/h7-12,17,23H,3-6,13-16H2,1-2H3,(H,28,32)(H,30,31). The number of urea groups is 1. The number of carboxylic acid groups (broad SMARTS) is 1. The number of hydrogen-bond donors (Lipinski definition) is 2. The zero-order valence-corrected chi connectivity index (χ0v) is 21.1. The number of carbonyl (C=O) groups excluding carboxylic acids is 1. The van der Waals surface area contributed by atoms with Crippen molar-refractivity contribution in [2.75, 3.05) is 31.6 Å². The number of halogens is 2. The van der Waals surface area contributed by atoms with Crippen molar-refractivity contribution < 1.29 is 24.2 Å². The second-order valence-electron chi connectivity index (χ2n) is 7.73. The molecule has 0 saturated carbocycles. The molecule has 0 radical (unpaired) electrons. The van der Waals surface area contributed by atoms with Gasteiger partial charge in [-0.2, -0.15) is 0 Å². The van der Waals surface area contributed by atoms with Crippen LogP contribution in [0.2, 0.25) is 10.0 Å². The van der Waals surface area contributed by atoms with E-state index in [1.54, 1.807) is 42.2 Å². The first-order chi connectivity index (χ1) is 16.3. The number of nitrogens with one attached hydrogen (secondary N) is 1. The first kappa shape index (κ1) is 27.8. The molecule has 186 valence electrons. The molecule has 0 aliphatic carbocycles. The smallest absolute Gasteiger partial charge is 0.333 e. The Kier molecular flexibility index (Phi) is 12.0. The van der Waals surface area contributed by atoms with Crippen LogP contribution in [0.1, 0.15) is 38.7 Å². The van der Waals surface area contributed by atoms with Crippen molar-refractivity contribution in [2.45, 2.75) is 45.6 Å². The van der Waals surface area contributed by atoms with E-state index in [1.165, 1.54) is 0 Å². The van der Waals surface area contributed by atoms with Gasteiger partial charge in [0.1, 0.15) is 12.4 Å². The number of rotatable bonds is 14. The lowest BCUT2D eigenvalue weighted by atomic mass is 10.1. The summed E-state index contributed by atoms with van der Waals surface area (Å²) in [5.74, 6) is -0.342. The molecule has 0 aliphatic heterocycles. The van der Waals surface area contributed by atoms with Crippen molar-refractivity contribution in [3.8, 4) is 5.75 Å². The lowest BCUT2D eigenvalue weighted by molar-refractivity contribution is -0.149. The van der Waals surface area contributed by atoms with Crippen molar-refractivity contribution in [1.29, 1.82) is 0 Å². The molecule has 2 rings (SSSR count). The second kappa shape index (κ2) is 14.7. The van der Waals surface area contributed by atoms with Crippen LogP contribution in [0.3, 0.4) is 0 Å². The van der Waals surface area contributed by atoms with E-state index in [4.69, 9.17) is 32.7 Å². The van der Waals surface area contributed by atoms with Gasteiger partial charge in [-0.25, -0.2) is 9.59 Å². The Labute approximate surface area is 210 Å². The Morgan fingerprint density at radius 2 is 1.79 bits per heavy atom. The molecule has 2 aromatic carbocycles. The summed E-state index contributed by atoms with van der Waals surface area (Å²) in [6.45, 7) is 5.52. The van der Waals surface area contributed by atoms with E-state index in [0.29, 0.717) is 47.8 Å². The fourth-order valence-corrected chi connectivity index (χ4v) is 3.74. The van der Waals surface area contributed by atoms with E-state index in [1.807, 2.05) is 12.1 Å². The normalized spacial score (nSPS) is 11.6. The van der Waals surface area contributed by atoms with Crippen LogP contribution in [0.15, 0.2) is 42.5 Å². The maximum atomic E-state index is 12.8. The first-order valence-electron chi connectivity index (χ1n) is 11.4. The lowest BCUT2D eigenvalue weighted by Gasteiger charge is -2.23. The molecule has 0 spiro atoms. The maximum absolute atomic E-state index is 12.8. The Bertz CT molecular complexity index is 924. The summed E-state index contributed by atoms with van der Waals surface area (Å²) in [6.07, 6.45) is 2.36. The van der Waals surface area contributed by atoms with Gasteiger partial charge >= 0.3 is 12.0 Å². The average molecular weight is 511 g/mol. The number of amides is 2. The molecule has 0 aliphatic rings. The van der Waals surface area contributed by atoms with Gasteiger partial charge in [0.2, 0.25) is 0 Å². The second-order valence-corrected chi connectivity index (χ2v) is 8.57. The van der Waals surface area contributed by atoms with Crippen LogP contribution >= 0.6 is 23.2 Å². The summed E-state index contributed by atoms with van der Waals surface area (Å²) < 4.78 is 11.1. The molecule has 1 atom stereocenters. The first-order valence-corrected chi connectivity index (χ1v) is 12.2. The van der Waals surface area contributed by atoms with Crippen molar-refractivity contribution >= 4 is 40.9 Å². The zero-order chi connectivity index (χ0) is 24.9. The minimum atomic E-state index is -0.983. The van der Waals surface area contributed by atoms with E-state index in [2.05, 4.69) is 12.2 Å². The Morgan fingerprint density at radius 1 is 1.06 bits per heavy atom. The maximum Gasteiger partial charge on any atom is 0.333 e. The molecule has 1 unspecified atom stereocenters. The number of ether oxygens (including phenoxy) is 2. The number of hydrogen-bond acceptors (Lipinski definition) is 4. The molecular weight excluding hydrogens is 479 g/mol. The molecule has 0 saturated heterocycles. The van der Waals surface area contributed by atoms with Crippen LogP contribution in [-0.2, 0) is 16.0 Å². The van der Waals surface area contributed by atoms with E-state index >= 15 is 0 Å². The van der Waals surface area contributed by atoms with Gasteiger partial charge < -0.3 is 24.8 Å². The highest BCUT2D eigenvalue weighted by atomic mass is 35.5. The molecule has 2 amide bonds. The third-order valence-corrected chi connectivity index (χ3v) is 5.66. The van der Waals surface area contributed by atoms with Crippen molar-refractivity contribution in [3.05, 3.63) is 58.1 Å². The molecule has 9 heteroatoms. The molecule has 7 nitrogen and oxygen atoms in total. The highest BCUT2D eigenvalue weighted by Gasteiger charge is 2.18. The number of anilines is 1. The molecule has 2 aromatic rings. The fraction of sp³-hybridized carbons (Fsp3) is 0.440. The molecular formula is C25H32Cl2N2O5. The number of nitrogens with zero attached hydrogens (tertiary/aromatic N) is 1. The van der Waals surface area contributed by atoms with Gasteiger partial charge in [-0.3, -0.25) is 0 Å². The highest BCUT2D eigenvalue weighted by molar-refractivity contribution is 6.36. The SMILES string of the molecule is CCCCCN(CCOc1ccc(CC(OCC)C(=O)O)cc1)C(=O)Nc1ccc(Cl)cc1Cl. The molecule has 0 heterocycles. The largest absolute Gasteiger partial charge is 0.492 e. The monoisotopic (exact) mass is 510 g/mol. The van der Waals surface area contributed by atoms with Gasteiger partial charge in [0, 0.05) is 24.6 Å². The lowest BCUT2D eigenvalue weighted by Crippen LogP contribution is -2.38. The molecule has 0 fully saturated rings. The quantitative estimate of drug-likeness (QED) is 0.298. The number of unbranched alkanes of at least 4 members (excludes halogenated alkanes) is 2. The van der Waals surface area contributed by atoms with E-state index in [-0.39, 0.29) is 12.5 Å². The summed E-state index contributed by atoms with van der Waals surface area (Å²) in [6, 6.07) is 11.9. The van der Waals surface area contributed by atoms with Crippen LogP contribution in [0.25, 0.3) is 0 Å². The number of carboxylic acids is 1. The average Bonchev–Trinajstić information content (AvgIpc) is 2.80. The summed E-state index contributed by atoms with van der Waals surface area (Å²) in [5.41, 5.74) is 1.34. The topological polar surface area (TPSA) is 88.1 Å². The predicted molar refractivity (Wildman–Crippen MR) is 135 cm³/mol. The van der Waals surface area contributed by atoms with Crippen LogP contribution in [0.5, 0.6) is 5.75 Å². The fourth-order valence-electron chi connectivity index (χ4n) is 3.28. The number of benzene rings is 2.